The van der Waals surface area contributed by atoms with Gasteiger partial charge in [0, 0.05) is 18.5 Å². The summed E-state index contributed by atoms with van der Waals surface area (Å²) in [5, 5.41) is 6.68. The van der Waals surface area contributed by atoms with Gasteiger partial charge in [-0.1, -0.05) is 35.5 Å². The van der Waals surface area contributed by atoms with Crippen LogP contribution in [-0.2, 0) is 17.6 Å². The predicted octanol–water partition coefficient (Wildman–Crippen LogP) is 2.78. The van der Waals surface area contributed by atoms with E-state index >= 15 is 0 Å². The molecule has 0 aliphatic heterocycles. The summed E-state index contributed by atoms with van der Waals surface area (Å²) in [6, 6.07) is 15.4. The lowest BCUT2D eigenvalue weighted by Gasteiger charge is -2.03. The van der Waals surface area contributed by atoms with E-state index in [9.17, 15) is 9.18 Å². The first-order valence-electron chi connectivity index (χ1n) is 7.60. The molecule has 0 aliphatic carbocycles. The minimum atomic E-state index is -0.316. The van der Waals surface area contributed by atoms with Gasteiger partial charge in [0.25, 0.3) is 0 Å². The SMILES string of the molecule is O=C(Cc1ccccc1)NCCc1nc(-c2ccc(F)cc2)no1. The first kappa shape index (κ1) is 15.9. The average molecular weight is 325 g/mol. The molecule has 1 N–H and O–H groups in total. The molecule has 24 heavy (non-hydrogen) atoms. The summed E-state index contributed by atoms with van der Waals surface area (Å²) < 4.78 is 18.0. The van der Waals surface area contributed by atoms with Crippen molar-refractivity contribution in [2.75, 3.05) is 6.54 Å². The summed E-state index contributed by atoms with van der Waals surface area (Å²) >= 11 is 0. The van der Waals surface area contributed by atoms with Gasteiger partial charge in [-0.3, -0.25) is 4.79 Å². The largest absolute Gasteiger partial charge is 0.355 e. The molecule has 0 fully saturated rings. The topological polar surface area (TPSA) is 68.0 Å². The van der Waals surface area contributed by atoms with Gasteiger partial charge in [0.15, 0.2) is 0 Å². The van der Waals surface area contributed by atoms with Gasteiger partial charge >= 0.3 is 0 Å². The van der Waals surface area contributed by atoms with Crippen molar-refractivity contribution in [3.8, 4) is 11.4 Å². The third kappa shape index (κ3) is 4.25. The van der Waals surface area contributed by atoms with E-state index in [0.29, 0.717) is 36.7 Å². The van der Waals surface area contributed by atoms with E-state index in [4.69, 9.17) is 4.52 Å². The van der Waals surface area contributed by atoms with Crippen molar-refractivity contribution >= 4 is 5.91 Å². The number of hydrogen-bond acceptors (Lipinski definition) is 4. The number of amides is 1. The number of halogens is 1. The fraction of sp³-hybridized carbons (Fsp3) is 0.167. The highest BCUT2D eigenvalue weighted by Crippen LogP contribution is 2.16. The van der Waals surface area contributed by atoms with Crippen LogP contribution in [-0.4, -0.2) is 22.6 Å². The number of nitrogens with zero attached hydrogens (tertiary/aromatic N) is 2. The first-order valence-corrected chi connectivity index (χ1v) is 7.60. The molecule has 0 bridgehead atoms. The fourth-order valence-electron chi connectivity index (χ4n) is 2.23. The standard InChI is InChI=1S/C18H16FN3O2/c19-15-8-6-14(7-9-15)18-21-17(24-22-18)10-11-20-16(23)12-13-4-2-1-3-5-13/h1-9H,10-12H2,(H,20,23). The molecule has 0 atom stereocenters. The molecule has 0 saturated heterocycles. The molecule has 5 nitrogen and oxygen atoms in total. The van der Waals surface area contributed by atoms with Crippen molar-refractivity contribution in [2.24, 2.45) is 0 Å². The molecule has 3 rings (SSSR count). The van der Waals surface area contributed by atoms with Crippen LogP contribution in [0.15, 0.2) is 59.1 Å². The van der Waals surface area contributed by atoms with E-state index in [2.05, 4.69) is 15.5 Å². The molecule has 2 aromatic carbocycles. The van der Waals surface area contributed by atoms with E-state index < -0.39 is 0 Å². The molecule has 0 aliphatic rings. The molecule has 1 heterocycles. The summed E-state index contributed by atoms with van der Waals surface area (Å²) in [5.74, 6) is 0.456. The minimum absolute atomic E-state index is 0.0560. The van der Waals surface area contributed by atoms with Crippen LogP contribution < -0.4 is 5.32 Å². The number of hydrogen-bond donors (Lipinski definition) is 1. The summed E-state index contributed by atoms with van der Waals surface area (Å²) in [5.41, 5.74) is 1.64. The normalized spacial score (nSPS) is 10.5. The second-order valence-corrected chi connectivity index (χ2v) is 5.28. The van der Waals surface area contributed by atoms with Crippen LogP contribution >= 0.6 is 0 Å². The third-order valence-electron chi connectivity index (χ3n) is 3.44. The maximum absolute atomic E-state index is 12.9. The van der Waals surface area contributed by atoms with Crippen LogP contribution in [0.25, 0.3) is 11.4 Å². The lowest BCUT2D eigenvalue weighted by atomic mass is 10.1. The van der Waals surface area contributed by atoms with Crippen molar-refractivity contribution in [2.45, 2.75) is 12.8 Å². The van der Waals surface area contributed by atoms with Gasteiger partial charge in [-0.25, -0.2) is 4.39 Å². The van der Waals surface area contributed by atoms with Crippen molar-refractivity contribution in [3.63, 3.8) is 0 Å². The summed E-state index contributed by atoms with van der Waals surface area (Å²) in [7, 11) is 0. The predicted molar refractivity (Wildman–Crippen MR) is 86.6 cm³/mol. The Morgan fingerprint density at radius 1 is 1.08 bits per heavy atom. The number of carbonyl (C=O) groups excluding carboxylic acids is 1. The molecule has 6 heteroatoms. The third-order valence-corrected chi connectivity index (χ3v) is 3.44. The van der Waals surface area contributed by atoms with Crippen molar-refractivity contribution in [1.29, 1.82) is 0 Å². The van der Waals surface area contributed by atoms with Crippen molar-refractivity contribution < 1.29 is 13.7 Å². The van der Waals surface area contributed by atoms with Gasteiger partial charge in [-0.15, -0.1) is 0 Å². The highest BCUT2D eigenvalue weighted by Gasteiger charge is 2.09. The zero-order valence-corrected chi connectivity index (χ0v) is 12.9. The fourth-order valence-corrected chi connectivity index (χ4v) is 2.23. The second kappa shape index (κ2) is 7.50. The van der Waals surface area contributed by atoms with E-state index in [1.165, 1.54) is 12.1 Å². The smallest absolute Gasteiger partial charge is 0.228 e. The molecular formula is C18H16FN3O2. The summed E-state index contributed by atoms with van der Waals surface area (Å²) in [6.45, 7) is 0.413. The lowest BCUT2D eigenvalue weighted by molar-refractivity contribution is -0.120. The molecule has 0 unspecified atom stereocenters. The Balaban J connectivity index is 1.49. The highest BCUT2D eigenvalue weighted by molar-refractivity contribution is 5.78. The molecule has 0 radical (unpaired) electrons. The van der Waals surface area contributed by atoms with Crippen LogP contribution in [0.1, 0.15) is 11.5 Å². The summed E-state index contributed by atoms with van der Waals surface area (Å²) in [6.07, 6.45) is 0.778. The molecule has 122 valence electrons. The van der Waals surface area contributed by atoms with Crippen LogP contribution in [0.5, 0.6) is 0 Å². The van der Waals surface area contributed by atoms with Gasteiger partial charge in [0.05, 0.1) is 6.42 Å². The Hall–Kier alpha value is -3.02. The lowest BCUT2D eigenvalue weighted by Crippen LogP contribution is -2.27. The zero-order chi connectivity index (χ0) is 16.8. The van der Waals surface area contributed by atoms with Gasteiger partial charge in [0.2, 0.25) is 17.6 Å². The molecule has 1 amide bonds. The average Bonchev–Trinajstić information content (AvgIpc) is 3.05. The molecular weight excluding hydrogens is 309 g/mol. The monoisotopic (exact) mass is 325 g/mol. The van der Waals surface area contributed by atoms with Gasteiger partial charge in [-0.05, 0) is 29.8 Å². The van der Waals surface area contributed by atoms with Gasteiger partial charge in [0.1, 0.15) is 5.82 Å². The Morgan fingerprint density at radius 3 is 2.58 bits per heavy atom. The maximum Gasteiger partial charge on any atom is 0.228 e. The number of nitrogens with one attached hydrogen (secondary N) is 1. The van der Waals surface area contributed by atoms with Crippen LogP contribution in [0.3, 0.4) is 0 Å². The van der Waals surface area contributed by atoms with Crippen LogP contribution in [0, 0.1) is 5.82 Å². The molecule has 0 spiro atoms. The van der Waals surface area contributed by atoms with Crippen LogP contribution in [0.4, 0.5) is 4.39 Å². The second-order valence-electron chi connectivity index (χ2n) is 5.28. The maximum atomic E-state index is 12.9. The van der Waals surface area contributed by atoms with E-state index in [1.54, 1.807) is 12.1 Å². The minimum Gasteiger partial charge on any atom is -0.355 e. The summed E-state index contributed by atoms with van der Waals surface area (Å²) in [4.78, 5) is 16.1. The number of benzene rings is 2. The molecule has 1 aromatic heterocycles. The highest BCUT2D eigenvalue weighted by atomic mass is 19.1. The number of carbonyl (C=O) groups is 1. The number of rotatable bonds is 6. The Bertz CT molecular complexity index is 801. The Labute approximate surface area is 138 Å². The molecule has 0 saturated carbocycles. The molecule has 3 aromatic rings. The Kier molecular flexibility index (Phi) is 4.96. The van der Waals surface area contributed by atoms with Crippen molar-refractivity contribution in [3.05, 3.63) is 71.9 Å². The quantitative estimate of drug-likeness (QED) is 0.757. The zero-order valence-electron chi connectivity index (χ0n) is 12.9. The van der Waals surface area contributed by atoms with Crippen molar-refractivity contribution in [1.82, 2.24) is 15.5 Å². The van der Waals surface area contributed by atoms with Crippen LogP contribution in [0.2, 0.25) is 0 Å². The Morgan fingerprint density at radius 2 is 1.83 bits per heavy atom. The first-order chi connectivity index (χ1) is 11.7. The number of aromatic nitrogens is 2. The van der Waals surface area contributed by atoms with E-state index in [-0.39, 0.29) is 11.7 Å². The van der Waals surface area contributed by atoms with E-state index in [0.717, 1.165) is 5.56 Å². The van der Waals surface area contributed by atoms with E-state index in [1.807, 2.05) is 30.3 Å². The van der Waals surface area contributed by atoms with Gasteiger partial charge < -0.3 is 9.84 Å². The van der Waals surface area contributed by atoms with Gasteiger partial charge in [-0.2, -0.15) is 4.98 Å².